The summed E-state index contributed by atoms with van der Waals surface area (Å²) in [5, 5.41) is 4.42. The summed E-state index contributed by atoms with van der Waals surface area (Å²) in [5.41, 5.74) is 1.89. The number of nitrogens with zero attached hydrogens (tertiary/aromatic N) is 3. The predicted octanol–water partition coefficient (Wildman–Crippen LogP) is 2.49. The topological polar surface area (TPSA) is 47.8 Å². The van der Waals surface area contributed by atoms with Gasteiger partial charge in [-0.15, -0.1) is 0 Å². The fourth-order valence-electron chi connectivity index (χ4n) is 1.64. The second-order valence-corrected chi connectivity index (χ2v) is 4.14. The van der Waals surface area contributed by atoms with E-state index < -0.39 is 0 Å². The van der Waals surface area contributed by atoms with E-state index in [9.17, 15) is 4.79 Å². The first kappa shape index (κ1) is 11.8. The Morgan fingerprint density at radius 3 is 2.82 bits per heavy atom. The van der Waals surface area contributed by atoms with Crippen LogP contribution in [0.4, 0.5) is 0 Å². The van der Waals surface area contributed by atoms with Gasteiger partial charge in [0.05, 0.1) is 11.2 Å². The minimum absolute atomic E-state index is 0.148. The van der Waals surface area contributed by atoms with Gasteiger partial charge in [0.25, 0.3) is 0 Å². The maximum atomic E-state index is 12.3. The van der Waals surface area contributed by atoms with Crippen LogP contribution < -0.4 is 0 Å². The normalized spacial score (nSPS) is 10.5. The van der Waals surface area contributed by atoms with Crippen molar-refractivity contribution < 1.29 is 4.79 Å². The third kappa shape index (κ3) is 2.22. The summed E-state index contributed by atoms with van der Waals surface area (Å²) >= 11 is 5.98. The van der Waals surface area contributed by atoms with Gasteiger partial charge in [0.1, 0.15) is 5.69 Å². The van der Waals surface area contributed by atoms with Crippen LogP contribution >= 0.6 is 11.6 Å². The molecule has 0 fully saturated rings. The summed E-state index contributed by atoms with van der Waals surface area (Å²) in [6.07, 6.45) is 4.73. The molecule has 0 aliphatic rings. The Morgan fingerprint density at radius 1 is 1.41 bits per heavy atom. The zero-order valence-corrected chi connectivity index (χ0v) is 10.4. The van der Waals surface area contributed by atoms with Gasteiger partial charge in [-0.3, -0.25) is 14.5 Å². The smallest absolute Gasteiger partial charge is 0.214 e. The lowest BCUT2D eigenvalue weighted by Crippen LogP contribution is -2.11. The molecule has 0 radical (unpaired) electrons. The maximum absolute atomic E-state index is 12.3. The number of carbonyl (C=O) groups is 1. The largest absolute Gasteiger partial charge is 0.287 e. The van der Waals surface area contributed by atoms with E-state index in [0.717, 1.165) is 5.56 Å². The van der Waals surface area contributed by atoms with Crippen molar-refractivity contribution in [3.8, 4) is 0 Å². The molecular weight excluding hydrogens is 238 g/mol. The molecule has 2 aromatic rings. The van der Waals surface area contributed by atoms with Crippen molar-refractivity contribution in [1.82, 2.24) is 14.8 Å². The first-order valence-electron chi connectivity index (χ1n) is 5.31. The molecule has 0 saturated carbocycles. The molecule has 0 aliphatic heterocycles. The molecule has 2 rings (SSSR count). The minimum Gasteiger partial charge on any atom is -0.287 e. The standard InChI is InChI=1S/C12H12ClN3O/c1-3-16-11(10(13)7-15-16)12(17)9-4-8(2)5-14-6-9/h4-7H,3H2,1-2H3. The van der Waals surface area contributed by atoms with Crippen LogP contribution in [0.25, 0.3) is 0 Å². The van der Waals surface area contributed by atoms with Crippen molar-refractivity contribution in [2.45, 2.75) is 20.4 Å². The average Bonchev–Trinajstić information content (AvgIpc) is 2.69. The number of hydrogen-bond donors (Lipinski definition) is 0. The summed E-state index contributed by atoms with van der Waals surface area (Å²) in [6, 6.07) is 1.79. The Bertz CT molecular complexity index is 563. The predicted molar refractivity (Wildman–Crippen MR) is 65.3 cm³/mol. The number of ketones is 1. The van der Waals surface area contributed by atoms with E-state index >= 15 is 0 Å². The number of hydrogen-bond acceptors (Lipinski definition) is 3. The minimum atomic E-state index is -0.148. The van der Waals surface area contributed by atoms with Gasteiger partial charge in [0.15, 0.2) is 0 Å². The molecule has 0 spiro atoms. The van der Waals surface area contributed by atoms with E-state index in [-0.39, 0.29) is 5.78 Å². The fourth-order valence-corrected chi connectivity index (χ4v) is 1.87. The van der Waals surface area contributed by atoms with Crippen molar-refractivity contribution >= 4 is 17.4 Å². The van der Waals surface area contributed by atoms with Gasteiger partial charge < -0.3 is 0 Å². The van der Waals surface area contributed by atoms with Crippen LogP contribution in [-0.2, 0) is 6.54 Å². The van der Waals surface area contributed by atoms with Gasteiger partial charge in [-0.25, -0.2) is 0 Å². The van der Waals surface area contributed by atoms with Crippen molar-refractivity contribution in [2.24, 2.45) is 0 Å². The van der Waals surface area contributed by atoms with Gasteiger partial charge in [0, 0.05) is 24.5 Å². The average molecular weight is 250 g/mol. The third-order valence-corrected chi connectivity index (χ3v) is 2.72. The van der Waals surface area contributed by atoms with Crippen molar-refractivity contribution in [2.75, 3.05) is 0 Å². The molecule has 0 aliphatic carbocycles. The van der Waals surface area contributed by atoms with E-state index in [2.05, 4.69) is 10.1 Å². The molecule has 0 N–H and O–H groups in total. The highest BCUT2D eigenvalue weighted by Crippen LogP contribution is 2.19. The molecular formula is C12H12ClN3O. The molecule has 0 unspecified atom stereocenters. The Kier molecular flexibility index (Phi) is 3.24. The fraction of sp³-hybridized carbons (Fsp3) is 0.250. The van der Waals surface area contributed by atoms with E-state index in [0.29, 0.717) is 22.8 Å². The summed E-state index contributed by atoms with van der Waals surface area (Å²) in [5.74, 6) is -0.148. The second kappa shape index (κ2) is 4.67. The number of pyridine rings is 1. The quantitative estimate of drug-likeness (QED) is 0.786. The van der Waals surface area contributed by atoms with Crippen molar-refractivity contribution in [3.63, 3.8) is 0 Å². The van der Waals surface area contributed by atoms with Crippen LogP contribution in [0.15, 0.2) is 24.7 Å². The monoisotopic (exact) mass is 249 g/mol. The molecule has 4 nitrogen and oxygen atoms in total. The zero-order chi connectivity index (χ0) is 12.4. The maximum Gasteiger partial charge on any atom is 0.214 e. The molecule has 2 heterocycles. The first-order chi connectivity index (χ1) is 8.13. The molecule has 0 aromatic carbocycles. The zero-order valence-electron chi connectivity index (χ0n) is 9.64. The van der Waals surface area contributed by atoms with Gasteiger partial charge in [0.2, 0.25) is 5.78 Å². The summed E-state index contributed by atoms with van der Waals surface area (Å²) < 4.78 is 1.59. The van der Waals surface area contributed by atoms with Gasteiger partial charge in [-0.2, -0.15) is 5.10 Å². The summed E-state index contributed by atoms with van der Waals surface area (Å²) in [7, 11) is 0. The number of carbonyl (C=O) groups excluding carboxylic acids is 1. The van der Waals surface area contributed by atoms with Crippen LogP contribution in [0.5, 0.6) is 0 Å². The Labute approximate surface area is 104 Å². The van der Waals surface area contributed by atoms with Crippen LogP contribution in [0, 0.1) is 6.92 Å². The van der Waals surface area contributed by atoms with Gasteiger partial charge >= 0.3 is 0 Å². The lowest BCUT2D eigenvalue weighted by Gasteiger charge is -2.04. The Balaban J connectivity index is 2.47. The lowest BCUT2D eigenvalue weighted by atomic mass is 10.1. The van der Waals surface area contributed by atoms with E-state index in [4.69, 9.17) is 11.6 Å². The van der Waals surface area contributed by atoms with Crippen LogP contribution in [0.1, 0.15) is 28.5 Å². The molecule has 88 valence electrons. The van der Waals surface area contributed by atoms with Crippen molar-refractivity contribution in [3.05, 3.63) is 46.5 Å². The Morgan fingerprint density at radius 2 is 2.18 bits per heavy atom. The number of aryl methyl sites for hydroxylation is 2. The highest BCUT2D eigenvalue weighted by Gasteiger charge is 2.18. The second-order valence-electron chi connectivity index (χ2n) is 3.74. The number of aromatic nitrogens is 3. The first-order valence-corrected chi connectivity index (χ1v) is 5.69. The molecule has 5 heteroatoms. The van der Waals surface area contributed by atoms with E-state index in [1.54, 1.807) is 23.1 Å². The van der Waals surface area contributed by atoms with E-state index in [1.807, 2.05) is 13.8 Å². The number of halogens is 1. The van der Waals surface area contributed by atoms with Crippen LogP contribution in [0.2, 0.25) is 5.02 Å². The Hall–Kier alpha value is -1.68. The molecule has 0 atom stereocenters. The van der Waals surface area contributed by atoms with Gasteiger partial charge in [-0.05, 0) is 25.5 Å². The SMILES string of the molecule is CCn1ncc(Cl)c1C(=O)c1cncc(C)c1. The number of rotatable bonds is 3. The van der Waals surface area contributed by atoms with Gasteiger partial charge in [-0.1, -0.05) is 11.6 Å². The lowest BCUT2D eigenvalue weighted by molar-refractivity contribution is 0.102. The van der Waals surface area contributed by atoms with Crippen LogP contribution in [0.3, 0.4) is 0 Å². The summed E-state index contributed by atoms with van der Waals surface area (Å²) in [6.45, 7) is 4.41. The molecule has 0 amide bonds. The highest BCUT2D eigenvalue weighted by molar-refractivity contribution is 6.34. The third-order valence-electron chi connectivity index (χ3n) is 2.45. The molecule has 0 bridgehead atoms. The molecule has 17 heavy (non-hydrogen) atoms. The van der Waals surface area contributed by atoms with E-state index in [1.165, 1.54) is 6.20 Å². The van der Waals surface area contributed by atoms with Crippen LogP contribution in [-0.4, -0.2) is 20.5 Å². The molecule has 0 saturated heterocycles. The van der Waals surface area contributed by atoms with Crippen molar-refractivity contribution in [1.29, 1.82) is 0 Å². The summed E-state index contributed by atoms with van der Waals surface area (Å²) in [4.78, 5) is 16.3. The highest BCUT2D eigenvalue weighted by atomic mass is 35.5. The molecule has 2 aromatic heterocycles.